The van der Waals surface area contributed by atoms with Crippen molar-refractivity contribution in [3.63, 3.8) is 0 Å². The Morgan fingerprint density at radius 3 is 2.75 bits per heavy atom. The number of nitrogens with one attached hydrogen (secondary N) is 2. The maximum atomic E-state index is 13.4. The highest BCUT2D eigenvalue weighted by atomic mass is 79.9. The van der Waals surface area contributed by atoms with Crippen molar-refractivity contribution in [1.29, 1.82) is 0 Å². The van der Waals surface area contributed by atoms with Crippen molar-refractivity contribution in [1.82, 2.24) is 10.0 Å². The third-order valence-corrected chi connectivity index (χ3v) is 5.40. The molecule has 0 amide bonds. The van der Waals surface area contributed by atoms with Gasteiger partial charge in [0.2, 0.25) is 10.0 Å². The topological polar surface area (TPSA) is 58.2 Å². The molecule has 1 heterocycles. The molecule has 1 aromatic rings. The Labute approximate surface area is 133 Å². The Morgan fingerprint density at radius 2 is 2.15 bits per heavy atom. The van der Waals surface area contributed by atoms with Gasteiger partial charge in [0.1, 0.15) is 5.82 Å². The van der Waals surface area contributed by atoms with Crippen LogP contribution in [-0.2, 0) is 10.0 Å². The number of benzene rings is 1. The molecule has 1 aliphatic rings. The second-order valence-electron chi connectivity index (χ2n) is 4.69. The minimum Gasteiger partial charge on any atom is -0.313 e. The predicted molar refractivity (Wildman–Crippen MR) is 82.2 cm³/mol. The van der Waals surface area contributed by atoms with Gasteiger partial charge in [0.15, 0.2) is 0 Å². The minimum atomic E-state index is -3.68. The lowest BCUT2D eigenvalue weighted by atomic mass is 10.0. The average Bonchev–Trinajstić information content (AvgIpc) is 2.35. The first kappa shape index (κ1) is 17.8. The van der Waals surface area contributed by atoms with Crippen LogP contribution in [0.1, 0.15) is 19.8 Å². The highest BCUT2D eigenvalue weighted by Gasteiger charge is 2.26. The van der Waals surface area contributed by atoms with Crippen molar-refractivity contribution in [2.45, 2.75) is 36.7 Å². The fourth-order valence-corrected chi connectivity index (χ4v) is 3.73. The van der Waals surface area contributed by atoms with Crippen molar-refractivity contribution in [2.75, 3.05) is 6.54 Å². The second kappa shape index (κ2) is 7.17. The molecule has 1 saturated heterocycles. The molecule has 0 aliphatic carbocycles. The Morgan fingerprint density at radius 1 is 1.45 bits per heavy atom. The van der Waals surface area contributed by atoms with E-state index >= 15 is 0 Å². The van der Waals surface area contributed by atoms with E-state index in [0.29, 0.717) is 0 Å². The van der Waals surface area contributed by atoms with E-state index in [1.165, 1.54) is 12.1 Å². The number of hydrogen-bond acceptors (Lipinski definition) is 3. The molecule has 114 valence electrons. The van der Waals surface area contributed by atoms with Crippen molar-refractivity contribution in [3.05, 3.63) is 28.5 Å². The summed E-state index contributed by atoms with van der Waals surface area (Å²) in [5.41, 5.74) is 0. The van der Waals surface area contributed by atoms with Gasteiger partial charge in [-0.05, 0) is 60.4 Å². The molecule has 0 spiro atoms. The first-order valence-electron chi connectivity index (χ1n) is 6.11. The molecule has 2 N–H and O–H groups in total. The lowest BCUT2D eigenvalue weighted by Gasteiger charge is -2.30. The minimum absolute atomic E-state index is 0. The van der Waals surface area contributed by atoms with Gasteiger partial charge >= 0.3 is 0 Å². The molecular weight excluding hydrogens is 371 g/mol. The summed E-state index contributed by atoms with van der Waals surface area (Å²) in [6.07, 6.45) is 1.71. The maximum Gasteiger partial charge on any atom is 0.240 e. The summed E-state index contributed by atoms with van der Waals surface area (Å²) in [5.74, 6) is -0.585. The zero-order valence-electron chi connectivity index (χ0n) is 10.9. The number of halogens is 3. The molecule has 2 unspecified atom stereocenters. The molecule has 0 aromatic heterocycles. The average molecular weight is 388 g/mol. The quantitative estimate of drug-likeness (QED) is 0.837. The van der Waals surface area contributed by atoms with Crippen molar-refractivity contribution >= 4 is 38.4 Å². The lowest BCUT2D eigenvalue weighted by molar-refractivity contribution is 0.348. The van der Waals surface area contributed by atoms with Gasteiger partial charge in [-0.2, -0.15) is 0 Å². The fourth-order valence-electron chi connectivity index (χ4n) is 2.12. The van der Waals surface area contributed by atoms with E-state index in [1.807, 2.05) is 6.92 Å². The third kappa shape index (κ3) is 4.14. The van der Waals surface area contributed by atoms with Gasteiger partial charge in [0.25, 0.3) is 0 Å². The number of sulfonamides is 1. The van der Waals surface area contributed by atoms with Crippen LogP contribution in [0.2, 0.25) is 0 Å². The summed E-state index contributed by atoms with van der Waals surface area (Å²) in [7, 11) is -3.68. The smallest absolute Gasteiger partial charge is 0.240 e. The molecule has 2 rings (SSSR count). The largest absolute Gasteiger partial charge is 0.313 e. The third-order valence-electron chi connectivity index (χ3n) is 3.27. The zero-order valence-corrected chi connectivity index (χ0v) is 14.1. The second-order valence-corrected chi connectivity index (χ2v) is 7.26. The number of rotatable bonds is 3. The van der Waals surface area contributed by atoms with Crippen LogP contribution in [0.4, 0.5) is 4.39 Å². The van der Waals surface area contributed by atoms with Gasteiger partial charge in [-0.3, -0.25) is 0 Å². The molecule has 1 fully saturated rings. The molecule has 20 heavy (non-hydrogen) atoms. The number of hydrogen-bond donors (Lipinski definition) is 2. The summed E-state index contributed by atoms with van der Waals surface area (Å²) in [5, 5.41) is 3.22. The van der Waals surface area contributed by atoms with E-state index in [1.54, 1.807) is 0 Å². The van der Waals surface area contributed by atoms with Crippen molar-refractivity contribution < 1.29 is 12.8 Å². The van der Waals surface area contributed by atoms with E-state index in [4.69, 9.17) is 0 Å². The Hall–Kier alpha value is -0.210. The highest BCUT2D eigenvalue weighted by Crippen LogP contribution is 2.20. The van der Waals surface area contributed by atoms with Crippen LogP contribution < -0.4 is 10.0 Å². The van der Waals surface area contributed by atoms with E-state index in [9.17, 15) is 12.8 Å². The summed E-state index contributed by atoms with van der Waals surface area (Å²) >= 11 is 3.00. The normalized spacial score (nSPS) is 23.1. The molecule has 0 radical (unpaired) electrons. The van der Waals surface area contributed by atoms with E-state index < -0.39 is 15.8 Å². The zero-order chi connectivity index (χ0) is 14.0. The van der Waals surface area contributed by atoms with Crippen LogP contribution in [0.3, 0.4) is 0 Å². The van der Waals surface area contributed by atoms with E-state index in [-0.39, 0.29) is 33.9 Å². The fraction of sp³-hybridized carbons (Fsp3) is 0.500. The lowest BCUT2D eigenvalue weighted by Crippen LogP contribution is -2.51. The summed E-state index contributed by atoms with van der Waals surface area (Å²) in [6, 6.07) is 3.71. The molecular formula is C12H17BrClFN2O2S. The first-order valence-corrected chi connectivity index (χ1v) is 8.38. The van der Waals surface area contributed by atoms with Crippen molar-refractivity contribution in [2.24, 2.45) is 0 Å². The van der Waals surface area contributed by atoms with Gasteiger partial charge < -0.3 is 5.32 Å². The monoisotopic (exact) mass is 386 g/mol. The Bertz CT molecular complexity index is 571. The van der Waals surface area contributed by atoms with Gasteiger partial charge in [0.05, 0.1) is 9.37 Å². The predicted octanol–water partition coefficient (Wildman–Crippen LogP) is 2.43. The maximum absolute atomic E-state index is 13.4. The SMILES string of the molecule is CC1NCCCC1NS(=O)(=O)c1ccc(Br)c(F)c1.Cl. The van der Waals surface area contributed by atoms with Crippen LogP contribution in [-0.4, -0.2) is 27.0 Å². The molecule has 4 nitrogen and oxygen atoms in total. The molecule has 0 bridgehead atoms. The first-order chi connectivity index (χ1) is 8.90. The van der Waals surface area contributed by atoms with Crippen LogP contribution in [0, 0.1) is 5.82 Å². The van der Waals surface area contributed by atoms with Crippen LogP contribution >= 0.6 is 28.3 Å². The van der Waals surface area contributed by atoms with Gasteiger partial charge in [0, 0.05) is 12.1 Å². The van der Waals surface area contributed by atoms with Gasteiger partial charge in [-0.25, -0.2) is 17.5 Å². The van der Waals surface area contributed by atoms with Gasteiger partial charge in [-0.1, -0.05) is 0 Å². The summed E-state index contributed by atoms with van der Waals surface area (Å²) in [6.45, 7) is 2.83. The van der Waals surface area contributed by atoms with Crippen molar-refractivity contribution in [3.8, 4) is 0 Å². The summed E-state index contributed by atoms with van der Waals surface area (Å²) in [4.78, 5) is -0.0500. The van der Waals surface area contributed by atoms with Crippen LogP contribution in [0.5, 0.6) is 0 Å². The number of piperidine rings is 1. The Kier molecular flexibility index (Phi) is 6.40. The summed E-state index contributed by atoms with van der Waals surface area (Å²) < 4.78 is 40.7. The van der Waals surface area contributed by atoms with Gasteiger partial charge in [-0.15, -0.1) is 12.4 Å². The Balaban J connectivity index is 0.00000200. The molecule has 0 saturated carbocycles. The highest BCUT2D eigenvalue weighted by molar-refractivity contribution is 9.10. The van der Waals surface area contributed by atoms with E-state index in [2.05, 4.69) is 26.0 Å². The molecule has 1 aromatic carbocycles. The standard InChI is InChI=1S/C12H16BrFN2O2S.ClH/c1-8-12(3-2-6-15-8)16-19(17,18)9-4-5-10(13)11(14)7-9;/h4-5,7-8,12,15-16H,2-3,6H2,1H3;1H. The molecule has 2 atom stereocenters. The van der Waals surface area contributed by atoms with E-state index in [0.717, 1.165) is 25.5 Å². The molecule has 1 aliphatic heterocycles. The van der Waals surface area contributed by atoms with Crippen LogP contribution in [0.15, 0.2) is 27.6 Å². The van der Waals surface area contributed by atoms with Crippen LogP contribution in [0.25, 0.3) is 0 Å². The molecule has 8 heteroatoms.